The molecule has 5 nitrogen and oxygen atoms in total. The second kappa shape index (κ2) is 8.67. The van der Waals surface area contributed by atoms with E-state index in [-0.39, 0.29) is 15.7 Å². The quantitative estimate of drug-likeness (QED) is 0.333. The van der Waals surface area contributed by atoms with Gasteiger partial charge in [-0.2, -0.15) is 0 Å². The number of aryl methyl sites for hydroxylation is 2. The van der Waals surface area contributed by atoms with Crippen molar-refractivity contribution in [2.75, 3.05) is 5.32 Å². The molecule has 0 aliphatic carbocycles. The van der Waals surface area contributed by atoms with Crippen LogP contribution in [0.5, 0.6) is 0 Å². The fraction of sp³-hybridized carbons (Fsp3) is 0.0870. The molecule has 0 atom stereocenters. The molecule has 0 radical (unpaired) electrons. The highest BCUT2D eigenvalue weighted by Gasteiger charge is 2.13. The highest BCUT2D eigenvalue weighted by atomic mass is 35.5. The molecular weight excluding hydrogens is 453 g/mol. The summed E-state index contributed by atoms with van der Waals surface area (Å²) < 4.78 is 5.90. The maximum Gasteiger partial charge on any atom is 0.258 e. The number of anilines is 1. The molecule has 8 heteroatoms. The average molecular weight is 470 g/mol. The molecule has 1 heterocycles. The van der Waals surface area contributed by atoms with Crippen LogP contribution in [-0.4, -0.2) is 16.0 Å². The van der Waals surface area contributed by atoms with Crippen LogP contribution in [0.25, 0.3) is 22.6 Å². The Morgan fingerprint density at radius 2 is 1.71 bits per heavy atom. The molecule has 0 spiro atoms. The third-order valence-electron chi connectivity index (χ3n) is 4.80. The zero-order chi connectivity index (χ0) is 22.1. The van der Waals surface area contributed by atoms with Crippen LogP contribution < -0.4 is 10.6 Å². The molecule has 0 fully saturated rings. The molecule has 4 rings (SSSR count). The van der Waals surface area contributed by atoms with Gasteiger partial charge in [0.05, 0.1) is 10.6 Å². The van der Waals surface area contributed by atoms with Gasteiger partial charge in [-0.05, 0) is 91.8 Å². The molecule has 0 unspecified atom stereocenters. The van der Waals surface area contributed by atoms with Gasteiger partial charge in [-0.1, -0.05) is 23.2 Å². The highest BCUT2D eigenvalue weighted by molar-refractivity contribution is 7.80. The number of fused-ring (bicyclic) bond motifs is 1. The Morgan fingerprint density at radius 3 is 2.42 bits per heavy atom. The Balaban J connectivity index is 1.44. The minimum atomic E-state index is -0.423. The van der Waals surface area contributed by atoms with Crippen molar-refractivity contribution in [3.63, 3.8) is 0 Å². The number of benzene rings is 3. The van der Waals surface area contributed by atoms with E-state index in [0.29, 0.717) is 16.6 Å². The fourth-order valence-electron chi connectivity index (χ4n) is 3.01. The van der Waals surface area contributed by atoms with Crippen LogP contribution in [0.4, 0.5) is 5.69 Å². The number of halogens is 2. The van der Waals surface area contributed by atoms with Crippen LogP contribution >= 0.6 is 35.4 Å². The summed E-state index contributed by atoms with van der Waals surface area (Å²) in [5, 5.41) is 6.43. The van der Waals surface area contributed by atoms with E-state index in [1.54, 1.807) is 12.1 Å². The minimum Gasteiger partial charge on any atom is -0.436 e. The van der Waals surface area contributed by atoms with Crippen LogP contribution in [-0.2, 0) is 0 Å². The first kappa shape index (κ1) is 21.3. The van der Waals surface area contributed by atoms with E-state index >= 15 is 0 Å². The summed E-state index contributed by atoms with van der Waals surface area (Å²) in [6.07, 6.45) is 0. The Morgan fingerprint density at radius 1 is 1.00 bits per heavy atom. The van der Waals surface area contributed by atoms with E-state index < -0.39 is 5.91 Å². The van der Waals surface area contributed by atoms with Gasteiger partial charge in [0.15, 0.2) is 10.7 Å². The van der Waals surface area contributed by atoms with Gasteiger partial charge < -0.3 is 9.73 Å². The zero-order valence-electron chi connectivity index (χ0n) is 16.6. The summed E-state index contributed by atoms with van der Waals surface area (Å²) >= 11 is 17.2. The summed E-state index contributed by atoms with van der Waals surface area (Å²) in [6, 6.07) is 16.0. The number of hydrogen-bond donors (Lipinski definition) is 2. The molecule has 1 aromatic heterocycles. The standard InChI is InChI=1S/C23H17Cl2N3O2S/c1-12-9-19-20(10-13(12)2)30-22(27-19)14-3-6-16(7-4-14)26-23(31)28-21(29)17-8-5-15(24)11-18(17)25/h3-11H,1-2H3,(H2,26,28,29,31). The van der Waals surface area contributed by atoms with Crippen molar-refractivity contribution in [1.29, 1.82) is 0 Å². The van der Waals surface area contributed by atoms with Gasteiger partial charge in [-0.3, -0.25) is 10.1 Å². The lowest BCUT2D eigenvalue weighted by Gasteiger charge is -2.10. The van der Waals surface area contributed by atoms with E-state index in [0.717, 1.165) is 22.2 Å². The molecule has 1 amide bonds. The molecular formula is C23H17Cl2N3O2S. The normalized spacial score (nSPS) is 10.8. The van der Waals surface area contributed by atoms with Gasteiger partial charge in [0, 0.05) is 16.3 Å². The van der Waals surface area contributed by atoms with E-state index in [1.165, 1.54) is 11.6 Å². The van der Waals surface area contributed by atoms with Crippen molar-refractivity contribution in [3.05, 3.63) is 81.3 Å². The highest BCUT2D eigenvalue weighted by Crippen LogP contribution is 2.27. The number of nitrogens with zero attached hydrogens (tertiary/aromatic N) is 1. The average Bonchev–Trinajstić information content (AvgIpc) is 3.11. The number of aromatic nitrogens is 1. The minimum absolute atomic E-state index is 0.150. The van der Waals surface area contributed by atoms with Crippen LogP contribution in [0, 0.1) is 13.8 Å². The van der Waals surface area contributed by atoms with Gasteiger partial charge in [-0.25, -0.2) is 4.98 Å². The second-order valence-electron chi connectivity index (χ2n) is 7.03. The molecule has 31 heavy (non-hydrogen) atoms. The monoisotopic (exact) mass is 469 g/mol. The lowest BCUT2D eigenvalue weighted by molar-refractivity contribution is 0.0978. The number of nitrogens with one attached hydrogen (secondary N) is 2. The molecule has 0 bridgehead atoms. The van der Waals surface area contributed by atoms with Crippen LogP contribution in [0.3, 0.4) is 0 Å². The van der Waals surface area contributed by atoms with E-state index in [2.05, 4.69) is 15.6 Å². The lowest BCUT2D eigenvalue weighted by Crippen LogP contribution is -2.34. The number of carbonyl (C=O) groups excluding carboxylic acids is 1. The summed E-state index contributed by atoms with van der Waals surface area (Å²) in [4.78, 5) is 16.9. The largest absolute Gasteiger partial charge is 0.436 e. The van der Waals surface area contributed by atoms with E-state index in [1.807, 2.05) is 50.2 Å². The molecule has 2 N–H and O–H groups in total. The third kappa shape index (κ3) is 4.71. The number of amides is 1. The van der Waals surface area contributed by atoms with E-state index in [9.17, 15) is 4.79 Å². The Labute approximate surface area is 194 Å². The van der Waals surface area contributed by atoms with Crippen molar-refractivity contribution in [1.82, 2.24) is 10.3 Å². The fourth-order valence-corrected chi connectivity index (χ4v) is 3.71. The molecule has 0 saturated heterocycles. The smallest absolute Gasteiger partial charge is 0.258 e. The van der Waals surface area contributed by atoms with Crippen molar-refractivity contribution in [3.8, 4) is 11.5 Å². The lowest BCUT2D eigenvalue weighted by atomic mass is 10.1. The summed E-state index contributed by atoms with van der Waals surface area (Å²) in [6.45, 7) is 4.09. The number of thiocarbonyl (C=S) groups is 1. The second-order valence-corrected chi connectivity index (χ2v) is 8.28. The first-order valence-corrected chi connectivity index (χ1v) is 10.5. The Bertz CT molecular complexity index is 1280. The first-order valence-electron chi connectivity index (χ1n) is 9.36. The van der Waals surface area contributed by atoms with Crippen LogP contribution in [0.2, 0.25) is 10.0 Å². The molecule has 4 aromatic rings. The van der Waals surface area contributed by atoms with Gasteiger partial charge in [-0.15, -0.1) is 0 Å². The van der Waals surface area contributed by atoms with Gasteiger partial charge in [0.1, 0.15) is 5.52 Å². The van der Waals surface area contributed by atoms with Gasteiger partial charge >= 0.3 is 0 Å². The SMILES string of the molecule is Cc1cc2nc(-c3ccc(NC(=S)NC(=O)c4ccc(Cl)cc4Cl)cc3)oc2cc1C. The predicted molar refractivity (Wildman–Crippen MR) is 129 cm³/mol. The van der Waals surface area contributed by atoms with Crippen LogP contribution in [0.15, 0.2) is 59.0 Å². The van der Waals surface area contributed by atoms with Crippen molar-refractivity contribution in [2.24, 2.45) is 0 Å². The first-order chi connectivity index (χ1) is 14.8. The topological polar surface area (TPSA) is 67.2 Å². The molecule has 0 saturated carbocycles. The summed E-state index contributed by atoms with van der Waals surface area (Å²) in [7, 11) is 0. The maximum absolute atomic E-state index is 12.4. The molecule has 156 valence electrons. The number of hydrogen-bond acceptors (Lipinski definition) is 4. The van der Waals surface area contributed by atoms with E-state index in [4.69, 9.17) is 39.8 Å². The number of rotatable bonds is 3. The van der Waals surface area contributed by atoms with Gasteiger partial charge in [0.25, 0.3) is 5.91 Å². The van der Waals surface area contributed by atoms with Crippen LogP contribution in [0.1, 0.15) is 21.5 Å². The van der Waals surface area contributed by atoms with Crippen molar-refractivity contribution < 1.29 is 9.21 Å². The molecule has 3 aromatic carbocycles. The summed E-state index contributed by atoms with van der Waals surface area (Å²) in [5.74, 6) is 0.118. The van der Waals surface area contributed by atoms with Gasteiger partial charge in [0.2, 0.25) is 5.89 Å². The van der Waals surface area contributed by atoms with Crippen molar-refractivity contribution >= 4 is 63.2 Å². The maximum atomic E-state index is 12.4. The van der Waals surface area contributed by atoms with Crippen molar-refractivity contribution in [2.45, 2.75) is 13.8 Å². The predicted octanol–water partition coefficient (Wildman–Crippen LogP) is 6.55. The zero-order valence-corrected chi connectivity index (χ0v) is 19.0. The number of carbonyl (C=O) groups is 1. The number of oxazole rings is 1. The summed E-state index contributed by atoms with van der Waals surface area (Å²) in [5.41, 5.74) is 5.73. The molecule has 0 aliphatic heterocycles. The third-order valence-corrected chi connectivity index (χ3v) is 5.55. The molecule has 0 aliphatic rings. The Kier molecular flexibility index (Phi) is 5.96. The Hall–Kier alpha value is -2.93.